The normalized spacial score (nSPS) is 20.0. The molecule has 1 rings (SSSR count). The zero-order valence-corrected chi connectivity index (χ0v) is 18.1. The molecule has 0 saturated carbocycles. The number of amides is 2. The molecule has 0 radical (unpaired) electrons. The fourth-order valence-electron chi connectivity index (χ4n) is 2.92. The molecule has 5 N–H and O–H groups in total. The lowest BCUT2D eigenvalue weighted by molar-refractivity contribution is -0.192. The van der Waals surface area contributed by atoms with Crippen LogP contribution in [0.4, 0.5) is 13.2 Å². The van der Waals surface area contributed by atoms with Gasteiger partial charge in [-0.05, 0) is 24.7 Å². The van der Waals surface area contributed by atoms with Gasteiger partial charge >= 0.3 is 18.1 Å². The quantitative estimate of drug-likeness (QED) is 0.434. The second-order valence-corrected chi connectivity index (χ2v) is 7.61. The van der Waals surface area contributed by atoms with E-state index in [9.17, 15) is 32.7 Å². The molecule has 0 aliphatic carbocycles. The number of carbonyl (C=O) groups is 4. The van der Waals surface area contributed by atoms with Gasteiger partial charge in [0.25, 0.3) is 0 Å². The first kappa shape index (κ1) is 28.6. The first-order valence-corrected chi connectivity index (χ1v) is 10.1. The summed E-state index contributed by atoms with van der Waals surface area (Å²) < 4.78 is 31.7. The van der Waals surface area contributed by atoms with Crippen molar-refractivity contribution in [2.24, 2.45) is 17.6 Å². The third kappa shape index (κ3) is 8.72. The van der Waals surface area contributed by atoms with Crippen LogP contribution < -0.4 is 11.1 Å². The van der Waals surface area contributed by atoms with Crippen LogP contribution in [0.3, 0.4) is 0 Å². The van der Waals surface area contributed by atoms with Crippen molar-refractivity contribution in [2.45, 2.75) is 77.7 Å². The maximum Gasteiger partial charge on any atom is 0.490 e. The van der Waals surface area contributed by atoms with Gasteiger partial charge in [0.2, 0.25) is 11.8 Å². The maximum absolute atomic E-state index is 12.6. The van der Waals surface area contributed by atoms with Crippen molar-refractivity contribution in [3.05, 3.63) is 0 Å². The maximum atomic E-state index is 12.6. The number of alkyl halides is 3. The molecule has 1 fully saturated rings. The molecule has 0 spiro atoms. The van der Waals surface area contributed by atoms with Crippen LogP contribution in [0.25, 0.3) is 0 Å². The van der Waals surface area contributed by atoms with Gasteiger partial charge in [-0.2, -0.15) is 13.2 Å². The van der Waals surface area contributed by atoms with Crippen LogP contribution in [0.1, 0.15) is 53.4 Å². The number of rotatable bonds is 8. The van der Waals surface area contributed by atoms with Gasteiger partial charge < -0.3 is 26.2 Å². The van der Waals surface area contributed by atoms with E-state index in [0.29, 0.717) is 19.4 Å². The highest BCUT2D eigenvalue weighted by Crippen LogP contribution is 2.21. The molecule has 180 valence electrons. The van der Waals surface area contributed by atoms with Crippen molar-refractivity contribution in [3.63, 3.8) is 0 Å². The number of hydrogen-bond acceptors (Lipinski definition) is 5. The van der Waals surface area contributed by atoms with Gasteiger partial charge in [-0.15, -0.1) is 0 Å². The fraction of sp³-hybridized carbons (Fsp3) is 0.789. The highest BCUT2D eigenvalue weighted by atomic mass is 19.4. The van der Waals surface area contributed by atoms with E-state index in [1.165, 1.54) is 4.90 Å². The average Bonchev–Trinajstić information content (AvgIpc) is 3.18. The van der Waals surface area contributed by atoms with Crippen LogP contribution in [0.5, 0.6) is 0 Å². The third-order valence-electron chi connectivity index (χ3n) is 5.40. The van der Waals surface area contributed by atoms with Crippen molar-refractivity contribution in [3.8, 4) is 0 Å². The topological polar surface area (TPSA) is 150 Å². The van der Waals surface area contributed by atoms with Crippen LogP contribution in [0.2, 0.25) is 0 Å². The molecule has 0 bridgehead atoms. The molecule has 0 aromatic carbocycles. The Morgan fingerprint density at radius 1 is 1.10 bits per heavy atom. The summed E-state index contributed by atoms with van der Waals surface area (Å²) in [6.07, 6.45) is -2.40. The van der Waals surface area contributed by atoms with Crippen LogP contribution in [0, 0.1) is 11.8 Å². The number of carboxylic acid groups (broad SMARTS) is 2. The van der Waals surface area contributed by atoms with Crippen LogP contribution in [-0.2, 0) is 19.2 Å². The van der Waals surface area contributed by atoms with Crippen LogP contribution >= 0.6 is 0 Å². The van der Waals surface area contributed by atoms with E-state index in [0.717, 1.165) is 12.8 Å². The molecule has 31 heavy (non-hydrogen) atoms. The average molecular weight is 455 g/mol. The number of halogens is 3. The van der Waals surface area contributed by atoms with E-state index >= 15 is 0 Å². The summed E-state index contributed by atoms with van der Waals surface area (Å²) in [6, 6.07) is -2.20. The minimum absolute atomic E-state index is 0.0358. The van der Waals surface area contributed by atoms with E-state index in [-0.39, 0.29) is 17.7 Å². The Kier molecular flexibility index (Phi) is 11.5. The zero-order valence-electron chi connectivity index (χ0n) is 18.1. The molecule has 1 aliphatic heterocycles. The Morgan fingerprint density at radius 2 is 1.58 bits per heavy atom. The van der Waals surface area contributed by atoms with Crippen LogP contribution in [-0.4, -0.2) is 69.7 Å². The zero-order chi connectivity index (χ0) is 24.5. The molecule has 0 aromatic heterocycles. The molecule has 1 heterocycles. The highest BCUT2D eigenvalue weighted by Gasteiger charge is 2.39. The summed E-state index contributed by atoms with van der Waals surface area (Å²) in [5.74, 6) is -4.58. The van der Waals surface area contributed by atoms with Crippen molar-refractivity contribution < 1.29 is 42.6 Å². The molecular weight excluding hydrogens is 423 g/mol. The smallest absolute Gasteiger partial charge is 0.480 e. The number of carbonyl (C=O) groups excluding carboxylic acids is 2. The molecule has 0 aromatic rings. The molecule has 9 nitrogen and oxygen atoms in total. The van der Waals surface area contributed by atoms with E-state index < -0.39 is 42.1 Å². The molecule has 0 unspecified atom stereocenters. The molecule has 5 atom stereocenters. The van der Waals surface area contributed by atoms with Gasteiger partial charge in [0.1, 0.15) is 12.1 Å². The monoisotopic (exact) mass is 455 g/mol. The SMILES string of the molecule is CC[C@H](C)[C@H](N)C(=O)N1CCC[C@H]1C(=O)N[C@H](C(=O)O)[C@@H](C)CC.O=C(O)C(F)(F)F. The fourth-order valence-corrected chi connectivity index (χ4v) is 2.92. The van der Waals surface area contributed by atoms with Gasteiger partial charge in [0.05, 0.1) is 6.04 Å². The molecule has 12 heteroatoms. The van der Waals surface area contributed by atoms with E-state index in [2.05, 4.69) is 5.32 Å². The van der Waals surface area contributed by atoms with Crippen molar-refractivity contribution in [2.75, 3.05) is 6.54 Å². The van der Waals surface area contributed by atoms with Gasteiger partial charge in [-0.1, -0.05) is 40.5 Å². The summed E-state index contributed by atoms with van der Waals surface area (Å²) in [4.78, 5) is 46.9. The van der Waals surface area contributed by atoms with Gasteiger partial charge in [-0.3, -0.25) is 9.59 Å². The Bertz CT molecular complexity index is 644. The number of aliphatic carboxylic acids is 2. The largest absolute Gasteiger partial charge is 0.490 e. The summed E-state index contributed by atoms with van der Waals surface area (Å²) in [5.41, 5.74) is 6.02. The lowest BCUT2D eigenvalue weighted by atomic mass is 9.97. The lowest BCUT2D eigenvalue weighted by Crippen LogP contribution is -2.55. The standard InChI is InChI=1S/C17H31N3O4.C2HF3O2/c1-5-10(3)13(18)16(22)20-9-7-8-12(20)15(21)19-14(17(23)24)11(4)6-2;3-2(4,5)1(6)7/h10-14H,5-9,18H2,1-4H3,(H,19,21)(H,23,24);(H,6,7)/t10-,11-,12-,13-,14-;/m0./s1. The summed E-state index contributed by atoms with van der Waals surface area (Å²) in [6.45, 7) is 8.04. The molecular formula is C19H32F3N3O6. The Labute approximate surface area is 179 Å². The number of nitrogens with zero attached hydrogens (tertiary/aromatic N) is 1. The first-order chi connectivity index (χ1) is 14.2. The minimum Gasteiger partial charge on any atom is -0.480 e. The summed E-state index contributed by atoms with van der Waals surface area (Å²) >= 11 is 0. The summed E-state index contributed by atoms with van der Waals surface area (Å²) in [7, 11) is 0. The first-order valence-electron chi connectivity index (χ1n) is 10.1. The van der Waals surface area contributed by atoms with E-state index in [1.54, 1.807) is 6.92 Å². The predicted octanol–water partition coefficient (Wildman–Crippen LogP) is 1.60. The van der Waals surface area contributed by atoms with Crippen LogP contribution in [0.15, 0.2) is 0 Å². The Hall–Kier alpha value is -2.37. The minimum atomic E-state index is -5.08. The van der Waals surface area contributed by atoms with Crippen molar-refractivity contribution in [1.82, 2.24) is 10.2 Å². The third-order valence-corrected chi connectivity index (χ3v) is 5.40. The van der Waals surface area contributed by atoms with E-state index in [1.807, 2.05) is 20.8 Å². The van der Waals surface area contributed by atoms with Crippen molar-refractivity contribution in [1.29, 1.82) is 0 Å². The van der Waals surface area contributed by atoms with E-state index in [4.69, 9.17) is 15.6 Å². The second kappa shape index (κ2) is 12.5. The highest BCUT2D eigenvalue weighted by molar-refractivity contribution is 5.92. The predicted molar refractivity (Wildman–Crippen MR) is 105 cm³/mol. The number of hydrogen-bond donors (Lipinski definition) is 4. The van der Waals surface area contributed by atoms with Gasteiger partial charge in [-0.25, -0.2) is 9.59 Å². The van der Waals surface area contributed by atoms with Crippen molar-refractivity contribution >= 4 is 23.8 Å². The second-order valence-electron chi connectivity index (χ2n) is 7.61. The number of nitrogens with one attached hydrogen (secondary N) is 1. The molecule has 1 saturated heterocycles. The number of likely N-dealkylation sites (tertiary alicyclic amines) is 1. The Morgan fingerprint density at radius 3 is 1.97 bits per heavy atom. The van der Waals surface area contributed by atoms with Gasteiger partial charge in [0.15, 0.2) is 0 Å². The number of carboxylic acids is 2. The number of nitrogens with two attached hydrogens (primary N) is 1. The Balaban J connectivity index is 0.00000110. The summed E-state index contributed by atoms with van der Waals surface area (Å²) in [5, 5.41) is 19.0. The van der Waals surface area contributed by atoms with Gasteiger partial charge in [0, 0.05) is 6.54 Å². The lowest BCUT2D eigenvalue weighted by Gasteiger charge is -2.30. The molecule has 2 amide bonds. The molecule has 1 aliphatic rings.